The monoisotopic (exact) mass is 263 g/mol. The molecule has 104 valence electrons. The van der Waals surface area contributed by atoms with E-state index in [9.17, 15) is 0 Å². The van der Waals surface area contributed by atoms with Crippen LogP contribution < -0.4 is 11.1 Å². The van der Waals surface area contributed by atoms with Crippen molar-refractivity contribution in [1.29, 1.82) is 0 Å². The number of nitrogens with one attached hydrogen (secondary N) is 1. The van der Waals surface area contributed by atoms with Crippen LogP contribution in [0.3, 0.4) is 0 Å². The van der Waals surface area contributed by atoms with Crippen molar-refractivity contribution >= 4 is 0 Å². The van der Waals surface area contributed by atoms with Crippen LogP contribution in [0.25, 0.3) is 10.4 Å². The van der Waals surface area contributed by atoms with Gasteiger partial charge in [-0.05, 0) is 29.6 Å². The van der Waals surface area contributed by atoms with Crippen LogP contribution >= 0.6 is 0 Å². The van der Waals surface area contributed by atoms with Crippen molar-refractivity contribution in [3.63, 3.8) is 0 Å². The maximum absolute atomic E-state index is 8.23. The van der Waals surface area contributed by atoms with Crippen molar-refractivity contribution in [2.24, 2.45) is 10.8 Å². The summed E-state index contributed by atoms with van der Waals surface area (Å²) in [4.78, 5) is 2.74. The lowest BCUT2D eigenvalue weighted by atomic mass is 10.1. The molecule has 19 heavy (non-hydrogen) atoms. The summed E-state index contributed by atoms with van der Waals surface area (Å²) in [6, 6.07) is 8.05. The number of benzene rings is 1. The van der Waals surface area contributed by atoms with Crippen molar-refractivity contribution in [1.82, 2.24) is 5.32 Å². The molecule has 6 heteroatoms. The first-order valence-electron chi connectivity index (χ1n) is 6.44. The van der Waals surface area contributed by atoms with E-state index in [1.165, 1.54) is 5.56 Å². The van der Waals surface area contributed by atoms with Gasteiger partial charge in [0.05, 0.1) is 13.2 Å². The summed E-state index contributed by atoms with van der Waals surface area (Å²) >= 11 is 0. The third-order valence-electron chi connectivity index (χ3n) is 2.57. The molecule has 0 saturated heterocycles. The van der Waals surface area contributed by atoms with E-state index in [0.717, 1.165) is 31.7 Å². The summed E-state index contributed by atoms with van der Waals surface area (Å²) in [5.41, 5.74) is 15.8. The lowest BCUT2D eigenvalue weighted by Gasteiger charge is -2.06. The van der Waals surface area contributed by atoms with Gasteiger partial charge in [-0.2, -0.15) is 0 Å². The van der Waals surface area contributed by atoms with E-state index in [4.69, 9.17) is 16.0 Å². The van der Waals surface area contributed by atoms with Gasteiger partial charge in [-0.3, -0.25) is 0 Å². The number of nitrogens with two attached hydrogens (primary N) is 1. The fourth-order valence-electron chi connectivity index (χ4n) is 1.59. The first-order chi connectivity index (χ1) is 9.36. The van der Waals surface area contributed by atoms with E-state index in [0.29, 0.717) is 19.7 Å². The van der Waals surface area contributed by atoms with Gasteiger partial charge in [-0.15, -0.1) is 0 Å². The molecule has 0 aromatic heterocycles. The smallest absolute Gasteiger partial charge is 0.0588 e. The van der Waals surface area contributed by atoms with Crippen LogP contribution in [0, 0.1) is 0 Å². The molecule has 0 aliphatic heterocycles. The van der Waals surface area contributed by atoms with Gasteiger partial charge in [0, 0.05) is 24.6 Å². The zero-order valence-electron chi connectivity index (χ0n) is 11.1. The standard InChI is InChI=1S/C13H21N5O/c14-6-9-19-8-1-7-16-10-12-2-4-13(5-3-12)11-17-18-15/h2-5,16H,1,6-11,14H2. The zero-order valence-corrected chi connectivity index (χ0v) is 11.1. The van der Waals surface area contributed by atoms with Crippen molar-refractivity contribution < 1.29 is 4.74 Å². The molecule has 0 fully saturated rings. The molecular formula is C13H21N5O. The highest BCUT2D eigenvalue weighted by Crippen LogP contribution is 2.05. The fraction of sp³-hybridized carbons (Fsp3) is 0.538. The van der Waals surface area contributed by atoms with E-state index in [1.54, 1.807) is 0 Å². The molecule has 0 aliphatic rings. The minimum absolute atomic E-state index is 0.405. The Morgan fingerprint density at radius 2 is 1.95 bits per heavy atom. The Bertz CT molecular complexity index is 387. The number of azide groups is 1. The fourth-order valence-corrected chi connectivity index (χ4v) is 1.59. The Labute approximate surface area is 113 Å². The Kier molecular flexibility index (Phi) is 8.42. The summed E-state index contributed by atoms with van der Waals surface area (Å²) in [7, 11) is 0. The highest BCUT2D eigenvalue weighted by Gasteiger charge is 1.94. The molecule has 0 atom stereocenters. The Morgan fingerprint density at radius 1 is 1.21 bits per heavy atom. The Morgan fingerprint density at radius 3 is 2.63 bits per heavy atom. The lowest BCUT2D eigenvalue weighted by Crippen LogP contribution is -2.17. The number of rotatable bonds is 10. The van der Waals surface area contributed by atoms with Crippen LogP contribution in [0.5, 0.6) is 0 Å². The van der Waals surface area contributed by atoms with Crippen molar-refractivity contribution in [3.05, 3.63) is 45.8 Å². The summed E-state index contributed by atoms with van der Waals surface area (Å²) in [6.07, 6.45) is 0.981. The number of hydrogen-bond donors (Lipinski definition) is 2. The largest absolute Gasteiger partial charge is 0.380 e. The van der Waals surface area contributed by atoms with E-state index < -0.39 is 0 Å². The SMILES string of the molecule is [N-]=[N+]=NCc1ccc(CNCCCOCCN)cc1. The quantitative estimate of drug-likeness (QED) is 0.292. The van der Waals surface area contributed by atoms with E-state index >= 15 is 0 Å². The molecular weight excluding hydrogens is 242 g/mol. The molecule has 0 radical (unpaired) electrons. The molecule has 3 N–H and O–H groups in total. The normalized spacial score (nSPS) is 10.2. The summed E-state index contributed by atoms with van der Waals surface area (Å²) in [6.45, 7) is 4.12. The summed E-state index contributed by atoms with van der Waals surface area (Å²) < 4.78 is 5.28. The Hall–Kier alpha value is -1.59. The second-order valence-corrected chi connectivity index (χ2v) is 4.14. The van der Waals surface area contributed by atoms with Crippen LogP contribution in [0.1, 0.15) is 17.5 Å². The van der Waals surface area contributed by atoms with Gasteiger partial charge in [0.25, 0.3) is 0 Å². The highest BCUT2D eigenvalue weighted by molar-refractivity contribution is 5.22. The van der Waals surface area contributed by atoms with Crippen LogP contribution in [0.4, 0.5) is 0 Å². The molecule has 0 heterocycles. The first-order valence-corrected chi connectivity index (χ1v) is 6.44. The second-order valence-electron chi connectivity index (χ2n) is 4.14. The molecule has 0 bridgehead atoms. The minimum Gasteiger partial charge on any atom is -0.380 e. The Balaban J connectivity index is 2.14. The predicted octanol–water partition coefficient (Wildman–Crippen LogP) is 1.95. The molecule has 1 aromatic carbocycles. The number of ether oxygens (including phenoxy) is 1. The molecule has 0 unspecified atom stereocenters. The van der Waals surface area contributed by atoms with Gasteiger partial charge < -0.3 is 15.8 Å². The van der Waals surface area contributed by atoms with Crippen LogP contribution in [-0.4, -0.2) is 26.3 Å². The van der Waals surface area contributed by atoms with E-state index in [2.05, 4.69) is 15.3 Å². The molecule has 0 aliphatic carbocycles. The third-order valence-corrected chi connectivity index (χ3v) is 2.57. The number of hydrogen-bond acceptors (Lipinski definition) is 4. The molecule has 0 saturated carbocycles. The molecule has 0 amide bonds. The maximum Gasteiger partial charge on any atom is 0.0588 e. The second kappa shape index (κ2) is 10.3. The molecule has 6 nitrogen and oxygen atoms in total. The van der Waals surface area contributed by atoms with Crippen molar-refractivity contribution in [2.45, 2.75) is 19.5 Å². The van der Waals surface area contributed by atoms with Gasteiger partial charge in [0.1, 0.15) is 0 Å². The average Bonchev–Trinajstić information content (AvgIpc) is 2.45. The topological polar surface area (TPSA) is 96.0 Å². The first kappa shape index (κ1) is 15.5. The average molecular weight is 263 g/mol. The minimum atomic E-state index is 0.405. The van der Waals surface area contributed by atoms with Gasteiger partial charge in [-0.25, -0.2) is 0 Å². The molecule has 0 spiro atoms. The van der Waals surface area contributed by atoms with Crippen molar-refractivity contribution in [3.8, 4) is 0 Å². The summed E-state index contributed by atoms with van der Waals surface area (Å²) in [5.74, 6) is 0. The predicted molar refractivity (Wildman–Crippen MR) is 75.5 cm³/mol. The van der Waals surface area contributed by atoms with E-state index in [-0.39, 0.29) is 0 Å². The lowest BCUT2D eigenvalue weighted by molar-refractivity contribution is 0.139. The van der Waals surface area contributed by atoms with Crippen molar-refractivity contribution in [2.75, 3.05) is 26.3 Å². The third kappa shape index (κ3) is 7.43. The van der Waals surface area contributed by atoms with Crippen LogP contribution in [0.2, 0.25) is 0 Å². The van der Waals surface area contributed by atoms with Crippen LogP contribution in [0.15, 0.2) is 29.4 Å². The van der Waals surface area contributed by atoms with Crippen LogP contribution in [-0.2, 0) is 17.8 Å². The maximum atomic E-state index is 8.23. The zero-order chi connectivity index (χ0) is 13.8. The van der Waals surface area contributed by atoms with Gasteiger partial charge >= 0.3 is 0 Å². The van der Waals surface area contributed by atoms with Gasteiger partial charge in [0.15, 0.2) is 0 Å². The summed E-state index contributed by atoms with van der Waals surface area (Å²) in [5, 5.41) is 6.87. The van der Waals surface area contributed by atoms with Gasteiger partial charge in [-0.1, -0.05) is 29.4 Å². The van der Waals surface area contributed by atoms with Gasteiger partial charge in [0.2, 0.25) is 0 Å². The molecule has 1 aromatic rings. The van der Waals surface area contributed by atoms with E-state index in [1.807, 2.05) is 24.3 Å². The number of nitrogens with zero attached hydrogens (tertiary/aromatic N) is 3. The highest BCUT2D eigenvalue weighted by atomic mass is 16.5. The molecule has 1 rings (SSSR count).